The molecule has 0 radical (unpaired) electrons. The highest BCUT2D eigenvalue weighted by molar-refractivity contribution is 5.89. The summed E-state index contributed by atoms with van der Waals surface area (Å²) in [6, 6.07) is 10.2. The molecule has 36 heavy (non-hydrogen) atoms. The van der Waals surface area contributed by atoms with E-state index in [0.717, 1.165) is 11.8 Å². The van der Waals surface area contributed by atoms with Crippen molar-refractivity contribution in [1.29, 1.82) is 0 Å². The van der Waals surface area contributed by atoms with Gasteiger partial charge in [0.25, 0.3) is 5.56 Å². The molecule has 186 valence electrons. The smallest absolute Gasteiger partial charge is 0.256 e. The van der Waals surface area contributed by atoms with Gasteiger partial charge in [-0.25, -0.2) is 8.78 Å². The average Bonchev–Trinajstić information content (AvgIpc) is 2.86. The Labute approximate surface area is 205 Å². The number of halogens is 2. The molecule has 0 aliphatic heterocycles. The molecule has 8 nitrogen and oxygen atoms in total. The monoisotopic (exact) mass is 494 g/mol. The van der Waals surface area contributed by atoms with Crippen LogP contribution in [0.3, 0.4) is 0 Å². The van der Waals surface area contributed by atoms with Crippen LogP contribution in [-0.2, 0) is 11.2 Å². The predicted octanol–water partition coefficient (Wildman–Crippen LogP) is 3.82. The lowest BCUT2D eigenvalue weighted by Gasteiger charge is -2.22. The molecule has 1 aromatic carbocycles. The molecular weight excluding hydrogens is 470 g/mol. The van der Waals surface area contributed by atoms with Gasteiger partial charge < -0.3 is 19.8 Å². The number of hydrogen-bond acceptors (Lipinski definition) is 6. The third-order valence-electron chi connectivity index (χ3n) is 5.83. The number of ether oxygens (including phenoxy) is 2. The van der Waals surface area contributed by atoms with Gasteiger partial charge in [0.15, 0.2) is 5.75 Å². The Bertz CT molecular complexity index is 1460. The van der Waals surface area contributed by atoms with Gasteiger partial charge in [-0.2, -0.15) is 0 Å². The number of methoxy groups -OCH3 is 2. The van der Waals surface area contributed by atoms with E-state index in [0.29, 0.717) is 22.8 Å². The van der Waals surface area contributed by atoms with Crippen molar-refractivity contribution in [1.82, 2.24) is 20.3 Å². The van der Waals surface area contributed by atoms with Crippen molar-refractivity contribution in [2.75, 3.05) is 14.2 Å². The lowest BCUT2D eigenvalue weighted by molar-refractivity contribution is -0.123. The minimum absolute atomic E-state index is 0.0803. The van der Waals surface area contributed by atoms with Gasteiger partial charge in [-0.3, -0.25) is 19.6 Å². The Morgan fingerprint density at radius 3 is 2.53 bits per heavy atom. The number of benzene rings is 1. The van der Waals surface area contributed by atoms with Gasteiger partial charge in [0.05, 0.1) is 49.2 Å². The lowest BCUT2D eigenvalue weighted by atomic mass is 9.90. The van der Waals surface area contributed by atoms with E-state index < -0.39 is 35.1 Å². The van der Waals surface area contributed by atoms with Crippen molar-refractivity contribution in [3.8, 4) is 11.5 Å². The Kier molecular flexibility index (Phi) is 7.23. The Morgan fingerprint density at radius 1 is 1.11 bits per heavy atom. The molecule has 10 heteroatoms. The molecule has 0 saturated carbocycles. The molecule has 3 heterocycles. The van der Waals surface area contributed by atoms with Crippen LogP contribution in [0.1, 0.15) is 35.7 Å². The Hall–Kier alpha value is -4.34. The molecule has 2 atom stereocenters. The van der Waals surface area contributed by atoms with Crippen molar-refractivity contribution in [3.63, 3.8) is 0 Å². The number of hydrogen-bond donors (Lipinski definition) is 2. The van der Waals surface area contributed by atoms with Crippen molar-refractivity contribution in [2.45, 2.75) is 25.3 Å². The summed E-state index contributed by atoms with van der Waals surface area (Å²) < 4.78 is 38.4. The number of aromatic nitrogens is 3. The summed E-state index contributed by atoms with van der Waals surface area (Å²) in [5, 5.41) is 2.71. The number of pyridine rings is 3. The van der Waals surface area contributed by atoms with E-state index in [1.54, 1.807) is 49.7 Å². The second-order valence-corrected chi connectivity index (χ2v) is 8.16. The van der Waals surface area contributed by atoms with Crippen molar-refractivity contribution in [2.24, 2.45) is 0 Å². The molecular formula is C26H24F2N4O4. The van der Waals surface area contributed by atoms with Crippen LogP contribution >= 0.6 is 0 Å². The number of H-pyrrole nitrogens is 1. The molecule has 0 aliphatic rings. The first-order valence-electron chi connectivity index (χ1n) is 11.1. The Morgan fingerprint density at radius 2 is 1.86 bits per heavy atom. The molecule has 0 saturated heterocycles. The maximum atomic E-state index is 14.3. The van der Waals surface area contributed by atoms with E-state index in [1.165, 1.54) is 14.0 Å². The summed E-state index contributed by atoms with van der Waals surface area (Å²) in [4.78, 5) is 37.7. The molecule has 0 unspecified atom stereocenters. The number of fused-ring (bicyclic) bond motifs is 1. The summed E-state index contributed by atoms with van der Waals surface area (Å²) >= 11 is 0. The van der Waals surface area contributed by atoms with Gasteiger partial charge >= 0.3 is 0 Å². The summed E-state index contributed by atoms with van der Waals surface area (Å²) in [5.74, 6) is -2.51. The number of nitrogens with zero attached hydrogens (tertiary/aromatic N) is 2. The minimum atomic E-state index is -1.03. The van der Waals surface area contributed by atoms with Crippen LogP contribution < -0.4 is 20.3 Å². The average molecular weight is 494 g/mol. The number of rotatable bonds is 8. The molecule has 2 N–H and O–H groups in total. The fraction of sp³-hybridized carbons (Fsp3) is 0.231. The maximum Gasteiger partial charge on any atom is 0.256 e. The number of carbonyl (C=O) groups is 1. The van der Waals surface area contributed by atoms with Gasteiger partial charge in [0.2, 0.25) is 5.91 Å². The zero-order valence-electron chi connectivity index (χ0n) is 19.8. The fourth-order valence-corrected chi connectivity index (χ4v) is 4.08. The van der Waals surface area contributed by atoms with Crippen LogP contribution in [0.15, 0.2) is 59.7 Å². The molecule has 0 spiro atoms. The molecule has 0 bridgehead atoms. The van der Waals surface area contributed by atoms with Gasteiger partial charge in [-0.15, -0.1) is 0 Å². The van der Waals surface area contributed by atoms with Crippen LogP contribution in [0.2, 0.25) is 0 Å². The van der Waals surface area contributed by atoms with Crippen LogP contribution in [0.5, 0.6) is 11.5 Å². The summed E-state index contributed by atoms with van der Waals surface area (Å²) in [6.45, 7) is 1.52. The fourth-order valence-electron chi connectivity index (χ4n) is 4.08. The summed E-state index contributed by atoms with van der Waals surface area (Å²) in [6.07, 6.45) is 2.55. The standard InChI is InChI=1S/C26H24F2N4O4/c1-14(22-19(28)12-16(27)13-30-22)31-25(33)18(11-15-6-8-17(35-2)9-7-15)21-24(36-3)23-20(32-26(21)34)5-4-10-29-23/h4-10,12-14,18H,11H2,1-3H3,(H,31,33)(H,32,34)/t14-,18+/m1/s1. The normalized spacial score (nSPS) is 12.7. The number of amides is 1. The van der Waals surface area contributed by atoms with Gasteiger partial charge in [0.1, 0.15) is 22.9 Å². The van der Waals surface area contributed by atoms with E-state index in [4.69, 9.17) is 9.47 Å². The molecule has 3 aromatic heterocycles. The number of nitrogens with one attached hydrogen (secondary N) is 2. The highest BCUT2D eigenvalue weighted by Gasteiger charge is 2.31. The third-order valence-corrected chi connectivity index (χ3v) is 5.83. The SMILES string of the molecule is COc1ccc(C[C@H](C(=O)N[C@H](C)c2ncc(F)cc2F)c2c(OC)c3ncccc3[nH]c2=O)cc1. The van der Waals surface area contributed by atoms with Crippen LogP contribution in [0, 0.1) is 11.6 Å². The maximum absolute atomic E-state index is 14.3. The highest BCUT2D eigenvalue weighted by Crippen LogP contribution is 2.32. The number of aromatic amines is 1. The van der Waals surface area contributed by atoms with Crippen LogP contribution in [-0.4, -0.2) is 35.1 Å². The lowest BCUT2D eigenvalue weighted by Crippen LogP contribution is -2.36. The van der Waals surface area contributed by atoms with E-state index in [9.17, 15) is 18.4 Å². The van der Waals surface area contributed by atoms with Crippen LogP contribution in [0.25, 0.3) is 11.0 Å². The van der Waals surface area contributed by atoms with Gasteiger partial charge in [0, 0.05) is 12.3 Å². The van der Waals surface area contributed by atoms with Crippen molar-refractivity contribution < 1.29 is 23.0 Å². The summed E-state index contributed by atoms with van der Waals surface area (Å²) in [5.41, 5.74) is 1.03. The third kappa shape index (κ3) is 5.02. The van der Waals surface area contributed by atoms with E-state index in [1.807, 2.05) is 0 Å². The zero-order valence-corrected chi connectivity index (χ0v) is 19.8. The van der Waals surface area contributed by atoms with E-state index in [2.05, 4.69) is 20.3 Å². The van der Waals surface area contributed by atoms with Crippen molar-refractivity contribution in [3.05, 3.63) is 93.7 Å². The first-order valence-corrected chi connectivity index (χ1v) is 11.1. The molecule has 4 aromatic rings. The largest absolute Gasteiger partial charge is 0.497 e. The second-order valence-electron chi connectivity index (χ2n) is 8.16. The van der Waals surface area contributed by atoms with E-state index in [-0.39, 0.29) is 23.4 Å². The first-order chi connectivity index (χ1) is 17.3. The summed E-state index contributed by atoms with van der Waals surface area (Å²) in [7, 11) is 2.94. The Balaban J connectivity index is 1.78. The van der Waals surface area contributed by atoms with Gasteiger partial charge in [-0.05, 0) is 43.2 Å². The predicted molar refractivity (Wildman–Crippen MR) is 129 cm³/mol. The topological polar surface area (TPSA) is 106 Å². The van der Waals surface area contributed by atoms with E-state index >= 15 is 0 Å². The zero-order chi connectivity index (χ0) is 25.8. The second kappa shape index (κ2) is 10.5. The van der Waals surface area contributed by atoms with Gasteiger partial charge in [-0.1, -0.05) is 12.1 Å². The molecule has 0 fully saturated rings. The minimum Gasteiger partial charge on any atom is -0.497 e. The molecule has 0 aliphatic carbocycles. The van der Waals surface area contributed by atoms with Crippen LogP contribution in [0.4, 0.5) is 8.78 Å². The van der Waals surface area contributed by atoms with Crippen molar-refractivity contribution >= 4 is 16.9 Å². The molecule has 1 amide bonds. The highest BCUT2D eigenvalue weighted by atomic mass is 19.1. The first kappa shape index (κ1) is 24.8. The quantitative estimate of drug-likeness (QED) is 0.386. The molecule has 4 rings (SSSR count). The number of carbonyl (C=O) groups excluding carboxylic acids is 1.